The molecule has 0 bridgehead atoms. The highest BCUT2D eigenvalue weighted by Gasteiger charge is 2.59. The number of aromatic nitrogens is 1. The van der Waals surface area contributed by atoms with E-state index in [-0.39, 0.29) is 37.7 Å². The Morgan fingerprint density at radius 3 is 2.30 bits per heavy atom. The van der Waals surface area contributed by atoms with Gasteiger partial charge in [0.05, 0.1) is 22.5 Å². The third-order valence-corrected chi connectivity index (χ3v) is 8.83. The number of piperidine rings is 1. The number of halogens is 4. The number of fused-ring (bicyclic) bond motifs is 1. The molecule has 1 N–H and O–H groups in total. The van der Waals surface area contributed by atoms with E-state index in [1.54, 1.807) is 13.8 Å². The number of likely N-dealkylation sites (tertiary alicyclic amines) is 2. The largest absolute Gasteiger partial charge is 0.416 e. The standard InChI is InChI=1S/C31H32F4N4O4/c1-17(2)25(36-26(40)21-16-20(31(33,34)35)6-7-22(21)32)28(42)39-13-10-30(11-14-39)24(27(41)38(4)29(30)43)19-5-8-23-18(15-19)9-12-37(23)3/h5-9,12,15-17,24-25H,10-11,13-14H2,1-4H3,(H,36,40)/t24?,25-/m1/s1. The van der Waals surface area contributed by atoms with Gasteiger partial charge >= 0.3 is 6.18 Å². The minimum atomic E-state index is -4.78. The molecule has 3 heterocycles. The third kappa shape index (κ3) is 5.16. The van der Waals surface area contributed by atoms with Gasteiger partial charge in [0, 0.05) is 38.9 Å². The molecule has 3 aromatic rings. The second kappa shape index (κ2) is 10.8. The quantitative estimate of drug-likeness (QED) is 0.346. The minimum absolute atomic E-state index is 0.118. The molecule has 0 aliphatic carbocycles. The van der Waals surface area contributed by atoms with E-state index in [1.165, 1.54) is 11.9 Å². The number of nitrogens with zero attached hydrogens (tertiary/aromatic N) is 3. The maximum atomic E-state index is 14.4. The number of nitrogens with one attached hydrogen (secondary N) is 1. The van der Waals surface area contributed by atoms with Crippen LogP contribution in [0.5, 0.6) is 0 Å². The van der Waals surface area contributed by atoms with Crippen molar-refractivity contribution in [3.8, 4) is 0 Å². The van der Waals surface area contributed by atoms with E-state index in [2.05, 4.69) is 5.32 Å². The summed E-state index contributed by atoms with van der Waals surface area (Å²) in [6, 6.07) is 7.99. The number of carbonyl (C=O) groups is 4. The van der Waals surface area contributed by atoms with Gasteiger partial charge in [0.15, 0.2) is 0 Å². The second-order valence-corrected chi connectivity index (χ2v) is 11.7. The van der Waals surface area contributed by atoms with Gasteiger partial charge in [-0.25, -0.2) is 4.39 Å². The van der Waals surface area contributed by atoms with Crippen LogP contribution in [0.1, 0.15) is 54.1 Å². The molecule has 1 aromatic heterocycles. The smallest absolute Gasteiger partial charge is 0.351 e. The summed E-state index contributed by atoms with van der Waals surface area (Å²) >= 11 is 0. The molecular formula is C31H32F4N4O4. The van der Waals surface area contributed by atoms with Crippen molar-refractivity contribution in [3.63, 3.8) is 0 Å². The third-order valence-electron chi connectivity index (χ3n) is 8.83. The van der Waals surface area contributed by atoms with Crippen molar-refractivity contribution < 1.29 is 36.7 Å². The summed E-state index contributed by atoms with van der Waals surface area (Å²) in [5, 5.41) is 3.35. The molecular weight excluding hydrogens is 568 g/mol. The highest BCUT2D eigenvalue weighted by molar-refractivity contribution is 6.10. The molecule has 5 rings (SSSR count). The Balaban J connectivity index is 1.36. The van der Waals surface area contributed by atoms with Crippen LogP contribution in [0.3, 0.4) is 0 Å². The van der Waals surface area contributed by atoms with E-state index in [0.29, 0.717) is 18.2 Å². The van der Waals surface area contributed by atoms with Gasteiger partial charge < -0.3 is 14.8 Å². The van der Waals surface area contributed by atoms with Gasteiger partial charge in [0.1, 0.15) is 11.9 Å². The van der Waals surface area contributed by atoms with Crippen LogP contribution >= 0.6 is 0 Å². The normalized spacial score (nSPS) is 19.5. The van der Waals surface area contributed by atoms with Gasteiger partial charge in [-0.15, -0.1) is 0 Å². The molecule has 4 amide bonds. The number of aryl methyl sites for hydroxylation is 1. The molecule has 228 valence electrons. The highest BCUT2D eigenvalue weighted by Crippen LogP contribution is 2.51. The lowest BCUT2D eigenvalue weighted by Gasteiger charge is -2.41. The summed E-state index contributed by atoms with van der Waals surface area (Å²) in [7, 11) is 3.37. The fourth-order valence-corrected chi connectivity index (χ4v) is 6.36. The van der Waals surface area contributed by atoms with Crippen LogP contribution < -0.4 is 5.32 Å². The van der Waals surface area contributed by atoms with Crippen molar-refractivity contribution in [1.82, 2.24) is 19.7 Å². The topological polar surface area (TPSA) is 91.7 Å². The molecule has 2 aromatic carbocycles. The maximum Gasteiger partial charge on any atom is 0.416 e. The second-order valence-electron chi connectivity index (χ2n) is 11.7. The van der Waals surface area contributed by atoms with Crippen LogP contribution in [0.2, 0.25) is 0 Å². The van der Waals surface area contributed by atoms with Crippen LogP contribution in [0.4, 0.5) is 17.6 Å². The lowest BCUT2D eigenvalue weighted by atomic mass is 9.67. The fraction of sp³-hybridized carbons (Fsp3) is 0.419. The predicted molar refractivity (Wildman–Crippen MR) is 149 cm³/mol. The minimum Gasteiger partial charge on any atom is -0.351 e. The number of amides is 4. The van der Waals surface area contributed by atoms with E-state index in [1.807, 2.05) is 42.1 Å². The first-order valence-corrected chi connectivity index (χ1v) is 14.0. The zero-order valence-corrected chi connectivity index (χ0v) is 24.2. The van der Waals surface area contributed by atoms with Gasteiger partial charge in [-0.2, -0.15) is 13.2 Å². The number of hydrogen-bond acceptors (Lipinski definition) is 4. The number of benzene rings is 2. The van der Waals surface area contributed by atoms with Gasteiger partial charge in [-0.1, -0.05) is 19.9 Å². The number of hydrogen-bond donors (Lipinski definition) is 1. The lowest BCUT2D eigenvalue weighted by Crippen LogP contribution is -2.55. The van der Waals surface area contributed by atoms with E-state index >= 15 is 0 Å². The molecule has 2 atom stereocenters. The number of alkyl halides is 3. The zero-order chi connectivity index (χ0) is 31.4. The van der Waals surface area contributed by atoms with Crippen molar-refractivity contribution in [2.75, 3.05) is 20.1 Å². The highest BCUT2D eigenvalue weighted by atomic mass is 19.4. The van der Waals surface area contributed by atoms with Crippen LogP contribution in [0, 0.1) is 17.2 Å². The molecule has 1 spiro atoms. The van der Waals surface area contributed by atoms with Gasteiger partial charge in [-0.3, -0.25) is 24.1 Å². The number of likely N-dealkylation sites (N-methyl/N-ethyl adjacent to an activating group) is 1. The summed E-state index contributed by atoms with van der Waals surface area (Å²) in [4.78, 5) is 56.0. The van der Waals surface area contributed by atoms with E-state index in [4.69, 9.17) is 0 Å². The van der Waals surface area contributed by atoms with Gasteiger partial charge in [0.2, 0.25) is 17.7 Å². The van der Waals surface area contributed by atoms with Crippen LogP contribution in [0.15, 0.2) is 48.7 Å². The summed E-state index contributed by atoms with van der Waals surface area (Å²) < 4.78 is 55.8. The zero-order valence-electron chi connectivity index (χ0n) is 24.2. The van der Waals surface area contributed by atoms with Crippen molar-refractivity contribution in [2.24, 2.45) is 18.4 Å². The lowest BCUT2D eigenvalue weighted by molar-refractivity contribution is -0.144. The Bertz CT molecular complexity index is 1620. The molecule has 0 saturated carbocycles. The average Bonchev–Trinajstić information content (AvgIpc) is 3.41. The van der Waals surface area contributed by atoms with Crippen molar-refractivity contribution in [1.29, 1.82) is 0 Å². The first kappa shape index (κ1) is 30.2. The Hall–Kier alpha value is -4.22. The van der Waals surface area contributed by atoms with Crippen molar-refractivity contribution in [2.45, 2.75) is 44.8 Å². The van der Waals surface area contributed by atoms with Crippen molar-refractivity contribution >= 4 is 34.5 Å². The Morgan fingerprint density at radius 1 is 1.00 bits per heavy atom. The first-order chi connectivity index (χ1) is 20.2. The Labute approximate surface area is 245 Å². The van der Waals surface area contributed by atoms with Crippen LogP contribution in [0.25, 0.3) is 10.9 Å². The first-order valence-electron chi connectivity index (χ1n) is 14.0. The monoisotopic (exact) mass is 600 g/mol. The van der Waals surface area contributed by atoms with Crippen molar-refractivity contribution in [3.05, 3.63) is 71.2 Å². The summed E-state index contributed by atoms with van der Waals surface area (Å²) in [5.74, 6) is -4.61. The van der Waals surface area contributed by atoms with E-state index in [9.17, 15) is 36.7 Å². The number of rotatable bonds is 5. The summed E-state index contributed by atoms with van der Waals surface area (Å²) in [6.45, 7) is 3.54. The molecule has 0 radical (unpaired) electrons. The van der Waals surface area contributed by atoms with Gasteiger partial charge in [-0.05, 0) is 66.1 Å². The Morgan fingerprint density at radius 2 is 1.67 bits per heavy atom. The Kier molecular flexibility index (Phi) is 7.60. The molecule has 2 aliphatic rings. The predicted octanol–water partition coefficient (Wildman–Crippen LogP) is 4.48. The summed E-state index contributed by atoms with van der Waals surface area (Å²) in [5.41, 5.74) is -1.36. The molecule has 2 fully saturated rings. The average molecular weight is 601 g/mol. The maximum absolute atomic E-state index is 14.4. The van der Waals surface area contributed by atoms with E-state index in [0.717, 1.165) is 21.4 Å². The molecule has 2 aliphatic heterocycles. The summed E-state index contributed by atoms with van der Waals surface area (Å²) in [6.07, 6.45) is -2.47. The van der Waals surface area contributed by atoms with Gasteiger partial charge in [0.25, 0.3) is 5.91 Å². The molecule has 1 unspecified atom stereocenters. The van der Waals surface area contributed by atoms with Crippen LogP contribution in [-0.4, -0.2) is 64.2 Å². The number of imide groups is 1. The fourth-order valence-electron chi connectivity index (χ4n) is 6.36. The molecule has 43 heavy (non-hydrogen) atoms. The molecule has 2 saturated heterocycles. The van der Waals surface area contributed by atoms with E-state index < -0.39 is 58.2 Å². The number of carbonyl (C=O) groups excluding carboxylic acids is 4. The van der Waals surface area contributed by atoms with Crippen LogP contribution in [-0.2, 0) is 27.6 Å². The molecule has 12 heteroatoms. The SMILES string of the molecule is CC(C)[C@@H](NC(=O)c1cc(C(F)(F)F)ccc1F)C(=O)N1CCC2(CC1)C(=O)N(C)C(=O)C2c1ccc2c(ccn2C)c1. The molecule has 8 nitrogen and oxygen atoms in total.